The van der Waals surface area contributed by atoms with Gasteiger partial charge in [0.1, 0.15) is 11.6 Å². The molecule has 0 radical (unpaired) electrons. The molecule has 1 N–H and O–H groups in total. The van der Waals surface area contributed by atoms with E-state index >= 15 is 0 Å². The lowest BCUT2D eigenvalue weighted by Gasteiger charge is -2.38. The summed E-state index contributed by atoms with van der Waals surface area (Å²) < 4.78 is 27.8. The second-order valence-electron chi connectivity index (χ2n) is 5.59. The first-order chi connectivity index (χ1) is 10.1. The van der Waals surface area contributed by atoms with Gasteiger partial charge in [-0.05, 0) is 38.6 Å². The summed E-state index contributed by atoms with van der Waals surface area (Å²) in [5.41, 5.74) is 0.204. The van der Waals surface area contributed by atoms with Gasteiger partial charge in [0.15, 0.2) is 0 Å². The molecule has 1 aromatic carbocycles. The Morgan fingerprint density at radius 1 is 1.38 bits per heavy atom. The van der Waals surface area contributed by atoms with E-state index in [2.05, 4.69) is 24.2 Å². The number of nitrogens with zero attached hydrogens (tertiary/aromatic N) is 1. The third-order valence-electron chi connectivity index (χ3n) is 4.05. The van der Waals surface area contributed by atoms with E-state index in [9.17, 15) is 8.78 Å². The van der Waals surface area contributed by atoms with Crippen LogP contribution in [0.2, 0.25) is 0 Å². The molecule has 2 rings (SSSR count). The lowest BCUT2D eigenvalue weighted by Crippen LogP contribution is -2.54. The van der Waals surface area contributed by atoms with Crippen molar-refractivity contribution in [1.29, 1.82) is 0 Å². The minimum atomic E-state index is -0.440. The maximum atomic E-state index is 13.9. The largest absolute Gasteiger partial charge is 0.312 e. The van der Waals surface area contributed by atoms with Crippen LogP contribution in [0, 0.1) is 11.6 Å². The highest BCUT2D eigenvalue weighted by Gasteiger charge is 2.29. The Labute approximate surface area is 130 Å². The second kappa shape index (κ2) is 8.11. The lowest BCUT2D eigenvalue weighted by molar-refractivity contribution is 0.212. The maximum absolute atomic E-state index is 13.9. The molecule has 0 aliphatic carbocycles. The quantitative estimate of drug-likeness (QED) is 0.869. The van der Waals surface area contributed by atoms with Crippen molar-refractivity contribution in [3.05, 3.63) is 35.4 Å². The van der Waals surface area contributed by atoms with Crippen LogP contribution in [0.15, 0.2) is 18.2 Å². The van der Waals surface area contributed by atoms with Crippen molar-refractivity contribution >= 4 is 11.8 Å². The van der Waals surface area contributed by atoms with Crippen LogP contribution >= 0.6 is 11.8 Å². The fraction of sp³-hybridized carbons (Fsp3) is 0.625. The van der Waals surface area contributed by atoms with Crippen LogP contribution in [0.4, 0.5) is 8.78 Å². The normalized spacial score (nSPS) is 21.4. The number of hydrogen-bond donors (Lipinski definition) is 1. The molecule has 0 aromatic heterocycles. The Kier molecular flexibility index (Phi) is 6.45. The molecule has 21 heavy (non-hydrogen) atoms. The molecule has 1 aliphatic rings. The zero-order valence-corrected chi connectivity index (χ0v) is 13.6. The first kappa shape index (κ1) is 16.7. The summed E-state index contributed by atoms with van der Waals surface area (Å²) in [4.78, 5) is 2.31. The van der Waals surface area contributed by atoms with Gasteiger partial charge in [0, 0.05) is 35.7 Å². The number of hydrogen-bond acceptors (Lipinski definition) is 3. The van der Waals surface area contributed by atoms with E-state index in [4.69, 9.17) is 0 Å². The van der Waals surface area contributed by atoms with Gasteiger partial charge in [-0.2, -0.15) is 11.8 Å². The average molecular weight is 314 g/mol. The van der Waals surface area contributed by atoms with E-state index in [1.165, 1.54) is 18.2 Å². The summed E-state index contributed by atoms with van der Waals surface area (Å²) in [7, 11) is 2.10. The van der Waals surface area contributed by atoms with E-state index in [1.54, 1.807) is 0 Å². The van der Waals surface area contributed by atoms with Crippen molar-refractivity contribution in [2.45, 2.75) is 31.8 Å². The minimum Gasteiger partial charge on any atom is -0.312 e. The fourth-order valence-corrected chi connectivity index (χ4v) is 4.06. The monoisotopic (exact) mass is 314 g/mol. The summed E-state index contributed by atoms with van der Waals surface area (Å²) in [6, 6.07) is 4.50. The molecule has 0 amide bonds. The first-order valence-corrected chi connectivity index (χ1v) is 8.73. The van der Waals surface area contributed by atoms with Crippen molar-refractivity contribution < 1.29 is 8.78 Å². The molecule has 0 spiro atoms. The van der Waals surface area contributed by atoms with Crippen molar-refractivity contribution in [1.82, 2.24) is 10.2 Å². The van der Waals surface area contributed by atoms with Gasteiger partial charge in [-0.15, -0.1) is 0 Å². The molecule has 1 aliphatic heterocycles. The fourth-order valence-electron chi connectivity index (χ4n) is 2.75. The predicted molar refractivity (Wildman–Crippen MR) is 85.9 cm³/mol. The molecule has 1 heterocycles. The molecular weight excluding hydrogens is 290 g/mol. The Morgan fingerprint density at radius 3 is 2.71 bits per heavy atom. The van der Waals surface area contributed by atoms with Crippen LogP contribution in [0.3, 0.4) is 0 Å². The van der Waals surface area contributed by atoms with Crippen molar-refractivity contribution in [3.63, 3.8) is 0 Å². The van der Waals surface area contributed by atoms with Gasteiger partial charge < -0.3 is 10.2 Å². The highest BCUT2D eigenvalue weighted by molar-refractivity contribution is 7.99. The van der Waals surface area contributed by atoms with Crippen LogP contribution in [0.25, 0.3) is 0 Å². The Morgan fingerprint density at radius 2 is 2.10 bits per heavy atom. The van der Waals surface area contributed by atoms with Crippen LogP contribution in [-0.4, -0.2) is 48.6 Å². The van der Waals surface area contributed by atoms with Crippen LogP contribution in [0.1, 0.15) is 18.9 Å². The number of halogens is 2. The number of thioether (sulfide) groups is 1. The summed E-state index contributed by atoms with van der Waals surface area (Å²) in [5.74, 6) is 1.25. The number of likely N-dealkylation sites (N-methyl/N-ethyl adjacent to an activating group) is 1. The molecule has 1 saturated heterocycles. The standard InChI is InChI=1S/C16H24F2N2S/c1-3-7-19-15(16-11-21-9-8-20(16)2)10-12-13(17)5-4-6-14(12)18/h4-6,15-16,19H,3,7-11H2,1-2H3. The van der Waals surface area contributed by atoms with Gasteiger partial charge in [0.2, 0.25) is 0 Å². The summed E-state index contributed by atoms with van der Waals surface area (Å²) in [5, 5.41) is 3.48. The van der Waals surface area contributed by atoms with Crippen molar-refractivity contribution in [3.8, 4) is 0 Å². The molecule has 1 aromatic rings. The zero-order chi connectivity index (χ0) is 15.2. The SMILES string of the molecule is CCCNC(Cc1c(F)cccc1F)C1CSCCN1C. The van der Waals surface area contributed by atoms with Crippen LogP contribution < -0.4 is 5.32 Å². The zero-order valence-electron chi connectivity index (χ0n) is 12.7. The van der Waals surface area contributed by atoms with E-state index in [0.717, 1.165) is 31.0 Å². The Bertz CT molecular complexity index is 436. The van der Waals surface area contributed by atoms with Gasteiger partial charge in [0.05, 0.1) is 0 Å². The predicted octanol–water partition coefficient (Wildman–Crippen LogP) is 2.92. The average Bonchev–Trinajstić information content (AvgIpc) is 2.47. The smallest absolute Gasteiger partial charge is 0.129 e. The molecule has 2 unspecified atom stereocenters. The van der Waals surface area contributed by atoms with Gasteiger partial charge in [-0.1, -0.05) is 13.0 Å². The van der Waals surface area contributed by atoms with Crippen molar-refractivity contribution in [2.75, 3.05) is 31.6 Å². The van der Waals surface area contributed by atoms with Gasteiger partial charge >= 0.3 is 0 Å². The number of nitrogens with one attached hydrogen (secondary N) is 1. The number of benzene rings is 1. The van der Waals surface area contributed by atoms with E-state index < -0.39 is 11.6 Å². The van der Waals surface area contributed by atoms with Crippen molar-refractivity contribution in [2.24, 2.45) is 0 Å². The second-order valence-corrected chi connectivity index (χ2v) is 6.74. The maximum Gasteiger partial charge on any atom is 0.129 e. The molecule has 2 atom stereocenters. The highest BCUT2D eigenvalue weighted by atomic mass is 32.2. The van der Waals surface area contributed by atoms with E-state index in [1.807, 2.05) is 11.8 Å². The third-order valence-corrected chi connectivity index (χ3v) is 5.10. The third kappa shape index (κ3) is 4.41. The summed E-state index contributed by atoms with van der Waals surface area (Å²) >= 11 is 1.92. The molecule has 118 valence electrons. The van der Waals surface area contributed by atoms with Gasteiger partial charge in [-0.3, -0.25) is 0 Å². The minimum absolute atomic E-state index is 0.0779. The topological polar surface area (TPSA) is 15.3 Å². The molecule has 0 bridgehead atoms. The molecule has 5 heteroatoms. The number of rotatable bonds is 6. The Balaban J connectivity index is 2.15. The Hall–Kier alpha value is -0.650. The molecular formula is C16H24F2N2S. The van der Waals surface area contributed by atoms with Crippen LogP contribution in [-0.2, 0) is 6.42 Å². The summed E-state index contributed by atoms with van der Waals surface area (Å²) in [6.07, 6.45) is 1.41. The van der Waals surface area contributed by atoms with E-state index in [-0.39, 0.29) is 11.6 Å². The highest BCUT2D eigenvalue weighted by Crippen LogP contribution is 2.22. The molecule has 2 nitrogen and oxygen atoms in total. The molecule has 0 saturated carbocycles. The summed E-state index contributed by atoms with van der Waals surface area (Å²) in [6.45, 7) is 4.00. The molecule has 1 fully saturated rings. The lowest BCUT2D eigenvalue weighted by atomic mass is 9.98. The first-order valence-electron chi connectivity index (χ1n) is 7.57. The van der Waals surface area contributed by atoms with E-state index in [0.29, 0.717) is 12.5 Å². The van der Waals surface area contributed by atoms with Gasteiger partial charge in [0.25, 0.3) is 0 Å². The van der Waals surface area contributed by atoms with Gasteiger partial charge in [-0.25, -0.2) is 8.78 Å². The van der Waals surface area contributed by atoms with Crippen LogP contribution in [0.5, 0.6) is 0 Å².